The zero-order chi connectivity index (χ0) is 12.7. The summed E-state index contributed by atoms with van der Waals surface area (Å²) in [4.78, 5) is 14.6. The fourth-order valence-electron chi connectivity index (χ4n) is 1.83. The molecule has 0 aromatic carbocycles. The number of aromatic nitrogens is 3. The zero-order valence-corrected chi connectivity index (χ0v) is 9.19. The van der Waals surface area contributed by atoms with E-state index in [9.17, 15) is 8.78 Å². The number of nitrogen functional groups attached to an aromatic ring is 1. The summed E-state index contributed by atoms with van der Waals surface area (Å²) in [6, 6.07) is 0. The topological polar surface area (TPSA) is 80.0 Å². The predicted molar refractivity (Wildman–Crippen MR) is 61.2 cm³/mol. The summed E-state index contributed by atoms with van der Waals surface area (Å²) in [5.41, 5.74) is 6.52. The third-order valence-corrected chi connectivity index (χ3v) is 2.68. The van der Waals surface area contributed by atoms with Gasteiger partial charge in [0.15, 0.2) is 17.5 Å². The maximum absolute atomic E-state index is 13.3. The van der Waals surface area contributed by atoms with Crippen LogP contribution in [0.2, 0.25) is 0 Å². The molecule has 2 aromatic rings. The monoisotopic (exact) mass is 249 g/mol. The minimum absolute atomic E-state index is 0.0966. The number of nitrogens with zero attached hydrogens (tertiary/aromatic N) is 3. The maximum atomic E-state index is 13.3. The molecule has 1 aliphatic rings. The van der Waals surface area contributed by atoms with Crippen LogP contribution in [0.25, 0.3) is 17.5 Å². The molecule has 2 aromatic heterocycles. The molecule has 18 heavy (non-hydrogen) atoms. The van der Waals surface area contributed by atoms with E-state index in [2.05, 4.69) is 19.9 Å². The van der Waals surface area contributed by atoms with Gasteiger partial charge in [0.1, 0.15) is 11.7 Å². The lowest BCUT2D eigenvalue weighted by Gasteiger charge is -2.03. The second-order valence-electron chi connectivity index (χ2n) is 3.91. The highest BCUT2D eigenvalue weighted by atomic mass is 19.1. The molecule has 1 atom stereocenters. The van der Waals surface area contributed by atoms with E-state index in [1.165, 1.54) is 6.08 Å². The first-order chi connectivity index (χ1) is 8.65. The van der Waals surface area contributed by atoms with Gasteiger partial charge in [-0.3, -0.25) is 4.99 Å². The quantitative estimate of drug-likeness (QED) is 0.743. The van der Waals surface area contributed by atoms with Gasteiger partial charge in [0.05, 0.1) is 12.7 Å². The van der Waals surface area contributed by atoms with Crippen molar-refractivity contribution in [3.63, 3.8) is 0 Å². The van der Waals surface area contributed by atoms with Crippen molar-refractivity contribution in [1.82, 2.24) is 15.0 Å². The Labute approximate surface area is 100 Å². The highest BCUT2D eigenvalue weighted by molar-refractivity contribution is 5.59. The Kier molecular flexibility index (Phi) is 2.32. The average molecular weight is 249 g/mol. The molecule has 0 spiro atoms. The van der Waals surface area contributed by atoms with E-state index in [0.717, 1.165) is 6.20 Å². The first-order valence-electron chi connectivity index (χ1n) is 5.31. The van der Waals surface area contributed by atoms with Gasteiger partial charge in [0.2, 0.25) is 0 Å². The molecule has 0 fully saturated rings. The zero-order valence-electron chi connectivity index (χ0n) is 9.19. The van der Waals surface area contributed by atoms with Crippen LogP contribution >= 0.6 is 0 Å². The van der Waals surface area contributed by atoms with E-state index >= 15 is 0 Å². The summed E-state index contributed by atoms with van der Waals surface area (Å²) in [7, 11) is 0. The van der Waals surface area contributed by atoms with E-state index < -0.39 is 12.0 Å². The number of rotatable bonds is 1. The molecule has 0 aliphatic carbocycles. The van der Waals surface area contributed by atoms with Crippen LogP contribution in [-0.2, 0) is 0 Å². The van der Waals surface area contributed by atoms with Crippen molar-refractivity contribution in [2.75, 3.05) is 12.3 Å². The predicted octanol–water partition coefficient (Wildman–Crippen LogP) is -0.0552. The van der Waals surface area contributed by atoms with Crippen LogP contribution in [0.3, 0.4) is 0 Å². The van der Waals surface area contributed by atoms with E-state index in [1.807, 2.05) is 0 Å². The number of nitrogens with two attached hydrogens (primary N) is 1. The van der Waals surface area contributed by atoms with E-state index in [-0.39, 0.29) is 18.2 Å². The molecule has 92 valence electrons. The minimum Gasteiger partial charge on any atom is -0.381 e. The minimum atomic E-state index is -1.13. The normalized spacial score (nSPS) is 17.8. The van der Waals surface area contributed by atoms with Crippen LogP contribution in [-0.4, -0.2) is 27.7 Å². The molecule has 5 nitrogen and oxygen atoms in total. The van der Waals surface area contributed by atoms with Crippen LogP contribution in [0.5, 0.6) is 0 Å². The molecule has 3 heterocycles. The maximum Gasteiger partial charge on any atom is 0.183 e. The Morgan fingerprint density at radius 3 is 3.06 bits per heavy atom. The summed E-state index contributed by atoms with van der Waals surface area (Å²) < 4.78 is 26.3. The van der Waals surface area contributed by atoms with Crippen molar-refractivity contribution in [2.45, 2.75) is 6.17 Å². The van der Waals surface area contributed by atoms with E-state index in [1.54, 1.807) is 6.20 Å². The number of aromatic amines is 1. The van der Waals surface area contributed by atoms with Crippen LogP contribution in [0.1, 0.15) is 0 Å². The number of nitrogens with one attached hydrogen (secondary N) is 1. The summed E-state index contributed by atoms with van der Waals surface area (Å²) in [6.45, 7) is 0.0966. The number of hydrogen-bond donors (Lipinski definition) is 2. The number of hydrogen-bond acceptors (Lipinski definition) is 4. The Balaban J connectivity index is 2.22. The summed E-state index contributed by atoms with van der Waals surface area (Å²) >= 11 is 0. The second kappa shape index (κ2) is 3.86. The Morgan fingerprint density at radius 1 is 1.44 bits per heavy atom. The fraction of sp³-hybridized carbons (Fsp3) is 0.182. The van der Waals surface area contributed by atoms with Gasteiger partial charge in [-0.1, -0.05) is 0 Å². The van der Waals surface area contributed by atoms with Crippen molar-refractivity contribution in [2.24, 2.45) is 4.99 Å². The second-order valence-corrected chi connectivity index (χ2v) is 3.91. The molecule has 7 heteroatoms. The van der Waals surface area contributed by atoms with Gasteiger partial charge in [-0.2, -0.15) is 0 Å². The molecule has 1 unspecified atom stereocenters. The first-order valence-corrected chi connectivity index (χ1v) is 5.31. The van der Waals surface area contributed by atoms with Gasteiger partial charge in [-0.15, -0.1) is 0 Å². The largest absolute Gasteiger partial charge is 0.381 e. The van der Waals surface area contributed by atoms with Crippen LogP contribution in [0.15, 0.2) is 17.4 Å². The molecule has 3 rings (SSSR count). The SMILES string of the molecule is Nc1nc(-c2c[nH]c3c2=CC(F)CN=3)ncc1F. The van der Waals surface area contributed by atoms with Gasteiger partial charge in [-0.25, -0.2) is 18.7 Å². The molecule has 0 saturated heterocycles. The third-order valence-electron chi connectivity index (χ3n) is 2.68. The Morgan fingerprint density at radius 2 is 2.28 bits per heavy atom. The van der Waals surface area contributed by atoms with Crippen molar-refractivity contribution in [3.05, 3.63) is 28.9 Å². The van der Waals surface area contributed by atoms with Gasteiger partial charge in [0.25, 0.3) is 0 Å². The average Bonchev–Trinajstić information content (AvgIpc) is 2.75. The Bertz CT molecular complexity index is 722. The van der Waals surface area contributed by atoms with Gasteiger partial charge in [-0.05, 0) is 6.08 Å². The van der Waals surface area contributed by atoms with Gasteiger partial charge in [0, 0.05) is 17.0 Å². The molecule has 0 bridgehead atoms. The summed E-state index contributed by atoms with van der Waals surface area (Å²) in [5.74, 6) is -0.674. The highest BCUT2D eigenvalue weighted by Gasteiger charge is 2.14. The standard InChI is InChI=1S/C11H9F2N5/c12-5-1-6-7(3-16-10(6)15-2-5)11-17-4-8(13)9(14)18-11/h1,3-5H,2H2,(H,15,16)(H2,14,17,18). The molecule has 3 N–H and O–H groups in total. The number of fused-ring (bicyclic) bond motifs is 1. The summed E-state index contributed by atoms with van der Waals surface area (Å²) in [5, 5.41) is 0.583. The van der Waals surface area contributed by atoms with Crippen molar-refractivity contribution >= 4 is 11.9 Å². The third kappa shape index (κ3) is 1.64. The number of halogens is 2. The van der Waals surface area contributed by atoms with E-state index in [4.69, 9.17) is 5.73 Å². The van der Waals surface area contributed by atoms with Crippen LogP contribution < -0.4 is 16.4 Å². The Hall–Kier alpha value is -2.31. The smallest absolute Gasteiger partial charge is 0.183 e. The fourth-order valence-corrected chi connectivity index (χ4v) is 1.83. The highest BCUT2D eigenvalue weighted by Crippen LogP contribution is 2.12. The first kappa shape index (κ1) is 10.8. The van der Waals surface area contributed by atoms with E-state index in [0.29, 0.717) is 16.3 Å². The molecular formula is C11H9F2N5. The number of H-pyrrole nitrogens is 1. The van der Waals surface area contributed by atoms with Crippen LogP contribution in [0.4, 0.5) is 14.6 Å². The van der Waals surface area contributed by atoms with Gasteiger partial charge < -0.3 is 10.7 Å². The van der Waals surface area contributed by atoms with Crippen LogP contribution in [0, 0.1) is 5.82 Å². The summed E-state index contributed by atoms with van der Waals surface area (Å²) in [6.07, 6.45) is 2.90. The lowest BCUT2D eigenvalue weighted by Crippen LogP contribution is -2.31. The number of anilines is 1. The molecular weight excluding hydrogens is 240 g/mol. The number of alkyl halides is 1. The lowest BCUT2D eigenvalue weighted by atomic mass is 10.2. The van der Waals surface area contributed by atoms with Gasteiger partial charge >= 0.3 is 0 Å². The molecule has 0 amide bonds. The van der Waals surface area contributed by atoms with Crippen molar-refractivity contribution in [3.8, 4) is 11.4 Å². The lowest BCUT2D eigenvalue weighted by molar-refractivity contribution is 0.422. The van der Waals surface area contributed by atoms with Crippen molar-refractivity contribution in [1.29, 1.82) is 0 Å². The molecule has 0 radical (unpaired) electrons. The van der Waals surface area contributed by atoms with Crippen molar-refractivity contribution < 1.29 is 8.78 Å². The molecule has 0 saturated carbocycles. The molecule has 1 aliphatic heterocycles.